The SMILES string of the molecule is CCC[C@@](C)(NC(C)=O)C(=O)OCC. The van der Waals surface area contributed by atoms with Gasteiger partial charge in [-0.25, -0.2) is 4.79 Å². The first-order chi connectivity index (χ1) is 6.46. The molecule has 0 heterocycles. The molecular formula is C10H19NO3. The van der Waals surface area contributed by atoms with E-state index >= 15 is 0 Å². The van der Waals surface area contributed by atoms with Gasteiger partial charge in [-0.1, -0.05) is 13.3 Å². The number of esters is 1. The number of hydrogen-bond donors (Lipinski definition) is 1. The topological polar surface area (TPSA) is 55.4 Å². The summed E-state index contributed by atoms with van der Waals surface area (Å²) in [4.78, 5) is 22.5. The summed E-state index contributed by atoms with van der Waals surface area (Å²) in [5.41, 5.74) is -0.878. The fraction of sp³-hybridized carbons (Fsp3) is 0.800. The van der Waals surface area contributed by atoms with Gasteiger partial charge in [0.15, 0.2) is 0 Å². The second kappa shape index (κ2) is 5.62. The molecule has 0 spiro atoms. The van der Waals surface area contributed by atoms with Crippen LogP contribution in [0.3, 0.4) is 0 Å². The number of carbonyl (C=O) groups excluding carboxylic acids is 2. The molecule has 0 radical (unpaired) electrons. The first kappa shape index (κ1) is 12.9. The molecule has 4 nitrogen and oxygen atoms in total. The maximum atomic E-state index is 11.6. The van der Waals surface area contributed by atoms with Crippen LogP contribution in [0.4, 0.5) is 0 Å². The highest BCUT2D eigenvalue weighted by Gasteiger charge is 2.34. The maximum Gasteiger partial charge on any atom is 0.331 e. The molecule has 0 aromatic heterocycles. The molecule has 4 heteroatoms. The van der Waals surface area contributed by atoms with Gasteiger partial charge in [-0.2, -0.15) is 0 Å². The van der Waals surface area contributed by atoms with Gasteiger partial charge < -0.3 is 10.1 Å². The Hall–Kier alpha value is -1.06. The normalized spacial score (nSPS) is 14.3. The van der Waals surface area contributed by atoms with Crippen molar-refractivity contribution in [2.24, 2.45) is 0 Å². The Morgan fingerprint density at radius 2 is 1.93 bits per heavy atom. The third kappa shape index (κ3) is 3.77. The van der Waals surface area contributed by atoms with Gasteiger partial charge in [0.1, 0.15) is 5.54 Å². The van der Waals surface area contributed by atoms with Crippen molar-refractivity contribution in [3.63, 3.8) is 0 Å². The van der Waals surface area contributed by atoms with Crippen LogP contribution >= 0.6 is 0 Å². The van der Waals surface area contributed by atoms with Crippen molar-refractivity contribution in [1.82, 2.24) is 5.32 Å². The Labute approximate surface area is 85.0 Å². The zero-order valence-electron chi connectivity index (χ0n) is 9.35. The van der Waals surface area contributed by atoms with Crippen molar-refractivity contribution in [3.8, 4) is 0 Å². The van der Waals surface area contributed by atoms with E-state index in [-0.39, 0.29) is 11.9 Å². The minimum Gasteiger partial charge on any atom is -0.464 e. The molecule has 82 valence electrons. The summed E-state index contributed by atoms with van der Waals surface area (Å²) >= 11 is 0. The van der Waals surface area contributed by atoms with Gasteiger partial charge >= 0.3 is 5.97 Å². The van der Waals surface area contributed by atoms with E-state index in [2.05, 4.69) is 5.32 Å². The Morgan fingerprint density at radius 1 is 1.36 bits per heavy atom. The lowest BCUT2D eigenvalue weighted by molar-refractivity contribution is -0.152. The molecule has 0 saturated carbocycles. The highest BCUT2D eigenvalue weighted by Crippen LogP contribution is 2.14. The number of hydrogen-bond acceptors (Lipinski definition) is 3. The number of rotatable bonds is 5. The monoisotopic (exact) mass is 201 g/mol. The van der Waals surface area contributed by atoms with Crippen LogP contribution in [0.1, 0.15) is 40.5 Å². The summed E-state index contributed by atoms with van der Waals surface area (Å²) in [6, 6.07) is 0. The van der Waals surface area contributed by atoms with Crippen molar-refractivity contribution in [1.29, 1.82) is 0 Å². The molecule has 0 aliphatic rings. The Balaban J connectivity index is 4.51. The second-order valence-corrected chi connectivity index (χ2v) is 3.48. The van der Waals surface area contributed by atoms with Gasteiger partial charge in [-0.3, -0.25) is 4.79 Å². The number of nitrogens with one attached hydrogen (secondary N) is 1. The predicted molar refractivity (Wildman–Crippen MR) is 53.8 cm³/mol. The third-order valence-corrected chi connectivity index (χ3v) is 1.93. The molecule has 1 N–H and O–H groups in total. The second-order valence-electron chi connectivity index (χ2n) is 3.48. The average Bonchev–Trinajstić information content (AvgIpc) is 2.03. The van der Waals surface area contributed by atoms with E-state index in [1.807, 2.05) is 6.92 Å². The highest BCUT2D eigenvalue weighted by atomic mass is 16.5. The number of carbonyl (C=O) groups is 2. The summed E-state index contributed by atoms with van der Waals surface area (Å²) in [5, 5.41) is 2.63. The molecule has 0 aliphatic heterocycles. The van der Waals surface area contributed by atoms with Gasteiger partial charge in [0.05, 0.1) is 6.61 Å². The molecule has 0 aliphatic carbocycles. The van der Waals surface area contributed by atoms with Crippen LogP contribution in [0.5, 0.6) is 0 Å². The lowest BCUT2D eigenvalue weighted by atomic mass is 9.96. The van der Waals surface area contributed by atoms with Crippen LogP contribution in [-0.4, -0.2) is 24.0 Å². The predicted octanol–water partition coefficient (Wildman–Crippen LogP) is 1.24. The highest BCUT2D eigenvalue weighted by molar-refractivity contribution is 5.86. The van der Waals surface area contributed by atoms with E-state index in [1.54, 1.807) is 13.8 Å². The van der Waals surface area contributed by atoms with Crippen LogP contribution < -0.4 is 5.32 Å². The summed E-state index contributed by atoms with van der Waals surface area (Å²) in [6.07, 6.45) is 1.40. The van der Waals surface area contributed by atoms with E-state index in [0.29, 0.717) is 13.0 Å². The Bertz CT molecular complexity index is 215. The smallest absolute Gasteiger partial charge is 0.331 e. The van der Waals surface area contributed by atoms with Crippen LogP contribution in [0.15, 0.2) is 0 Å². The van der Waals surface area contributed by atoms with Crippen molar-refractivity contribution in [2.75, 3.05) is 6.61 Å². The van der Waals surface area contributed by atoms with E-state index in [1.165, 1.54) is 6.92 Å². The van der Waals surface area contributed by atoms with Crippen LogP contribution in [0.2, 0.25) is 0 Å². The molecule has 0 rings (SSSR count). The van der Waals surface area contributed by atoms with Crippen LogP contribution in [0, 0.1) is 0 Å². The van der Waals surface area contributed by atoms with E-state index in [0.717, 1.165) is 6.42 Å². The zero-order chi connectivity index (χ0) is 11.2. The van der Waals surface area contributed by atoms with Gasteiger partial charge in [-0.05, 0) is 20.3 Å². The molecule has 0 aromatic rings. The minimum absolute atomic E-state index is 0.214. The summed E-state index contributed by atoms with van der Waals surface area (Å²) < 4.78 is 4.91. The molecule has 14 heavy (non-hydrogen) atoms. The van der Waals surface area contributed by atoms with E-state index in [9.17, 15) is 9.59 Å². The molecule has 0 fully saturated rings. The molecule has 0 aromatic carbocycles. The van der Waals surface area contributed by atoms with Crippen molar-refractivity contribution < 1.29 is 14.3 Å². The number of amides is 1. The average molecular weight is 201 g/mol. The minimum atomic E-state index is -0.878. The number of ether oxygens (including phenoxy) is 1. The molecular weight excluding hydrogens is 182 g/mol. The van der Waals surface area contributed by atoms with E-state index in [4.69, 9.17) is 4.74 Å². The van der Waals surface area contributed by atoms with Gasteiger partial charge in [0, 0.05) is 6.92 Å². The summed E-state index contributed by atoms with van der Waals surface area (Å²) in [7, 11) is 0. The van der Waals surface area contributed by atoms with E-state index < -0.39 is 5.54 Å². The van der Waals surface area contributed by atoms with Crippen LogP contribution in [-0.2, 0) is 14.3 Å². The van der Waals surface area contributed by atoms with Crippen molar-refractivity contribution in [2.45, 2.75) is 46.1 Å². The lowest BCUT2D eigenvalue weighted by Gasteiger charge is -2.27. The van der Waals surface area contributed by atoms with Gasteiger partial charge in [0.2, 0.25) is 5.91 Å². The van der Waals surface area contributed by atoms with Crippen LogP contribution in [0.25, 0.3) is 0 Å². The fourth-order valence-corrected chi connectivity index (χ4v) is 1.39. The zero-order valence-corrected chi connectivity index (χ0v) is 9.35. The summed E-state index contributed by atoms with van der Waals surface area (Å²) in [6.45, 7) is 7.12. The standard InChI is InChI=1S/C10H19NO3/c1-5-7-10(4,11-8(3)12)9(13)14-6-2/h5-7H2,1-4H3,(H,11,12)/t10-/m1/s1. The fourth-order valence-electron chi connectivity index (χ4n) is 1.39. The Morgan fingerprint density at radius 3 is 2.29 bits per heavy atom. The first-order valence-corrected chi connectivity index (χ1v) is 4.92. The van der Waals surface area contributed by atoms with Gasteiger partial charge in [-0.15, -0.1) is 0 Å². The Kier molecular flexibility index (Phi) is 5.20. The molecule has 0 unspecified atom stereocenters. The lowest BCUT2D eigenvalue weighted by Crippen LogP contribution is -2.52. The quantitative estimate of drug-likeness (QED) is 0.681. The van der Waals surface area contributed by atoms with Crippen molar-refractivity contribution in [3.05, 3.63) is 0 Å². The maximum absolute atomic E-state index is 11.6. The third-order valence-electron chi connectivity index (χ3n) is 1.93. The van der Waals surface area contributed by atoms with Crippen molar-refractivity contribution >= 4 is 11.9 Å². The van der Waals surface area contributed by atoms with Gasteiger partial charge in [0.25, 0.3) is 0 Å². The largest absolute Gasteiger partial charge is 0.464 e. The summed E-state index contributed by atoms with van der Waals surface area (Å²) in [5.74, 6) is -0.578. The molecule has 1 atom stereocenters. The molecule has 1 amide bonds. The molecule has 0 bridgehead atoms. The first-order valence-electron chi connectivity index (χ1n) is 4.92. The molecule has 0 saturated heterocycles.